The van der Waals surface area contributed by atoms with Gasteiger partial charge in [-0.2, -0.15) is 0 Å². The number of aromatic nitrogens is 4. The summed E-state index contributed by atoms with van der Waals surface area (Å²) in [4.78, 5) is 16.2. The molecule has 1 unspecified atom stereocenters. The van der Waals surface area contributed by atoms with E-state index in [-0.39, 0.29) is 17.9 Å². The first-order chi connectivity index (χ1) is 8.68. The average molecular weight is 245 g/mol. The molecule has 2 aromatic rings. The molecule has 0 saturated heterocycles. The summed E-state index contributed by atoms with van der Waals surface area (Å²) in [5.41, 5.74) is 0.682. The van der Waals surface area contributed by atoms with E-state index in [0.717, 1.165) is 0 Å². The van der Waals surface area contributed by atoms with E-state index in [1.54, 1.807) is 41.7 Å². The first-order valence-electron chi connectivity index (χ1n) is 5.73. The summed E-state index contributed by atoms with van der Waals surface area (Å²) in [5.74, 6) is 0.0375. The molecule has 6 nitrogen and oxygen atoms in total. The smallest absolute Gasteiger partial charge is 0.247 e. The van der Waals surface area contributed by atoms with E-state index in [1.165, 1.54) is 0 Å². The molecule has 0 aromatic carbocycles. The molecule has 18 heavy (non-hydrogen) atoms. The zero-order chi connectivity index (χ0) is 13.0. The predicted octanol–water partition coefficient (Wildman–Crippen LogP) is 1.51. The topological polar surface area (TPSA) is 72.7 Å². The Morgan fingerprint density at radius 3 is 2.61 bits per heavy atom. The molecular weight excluding hydrogens is 230 g/mol. The lowest BCUT2D eigenvalue weighted by atomic mass is 10.0. The largest absolute Gasteiger partial charge is 0.323 e. The lowest BCUT2D eigenvalue weighted by molar-refractivity contribution is -0.120. The van der Waals surface area contributed by atoms with Gasteiger partial charge in [-0.3, -0.25) is 9.78 Å². The Labute approximate surface area is 105 Å². The highest BCUT2D eigenvalue weighted by molar-refractivity contribution is 5.93. The molecule has 0 radical (unpaired) electrons. The maximum atomic E-state index is 12.2. The van der Waals surface area contributed by atoms with Crippen molar-refractivity contribution in [2.45, 2.75) is 19.9 Å². The lowest BCUT2D eigenvalue weighted by Crippen LogP contribution is -2.29. The van der Waals surface area contributed by atoms with Gasteiger partial charge in [0, 0.05) is 6.20 Å². The second-order valence-electron chi connectivity index (χ2n) is 4.33. The molecule has 1 amide bonds. The van der Waals surface area contributed by atoms with Gasteiger partial charge < -0.3 is 9.88 Å². The van der Waals surface area contributed by atoms with Crippen LogP contribution in [0.5, 0.6) is 0 Å². The highest BCUT2D eigenvalue weighted by Gasteiger charge is 2.24. The molecule has 0 aliphatic heterocycles. The van der Waals surface area contributed by atoms with Crippen LogP contribution in [0.2, 0.25) is 0 Å². The number of amides is 1. The Bertz CT molecular complexity index is 494. The first-order valence-corrected chi connectivity index (χ1v) is 5.73. The standard InChI is InChI=1S/C12H15N5O/c1-9(2)11(17-7-14-15-8-17)12(18)16-10-4-3-5-13-6-10/h3-9,11H,1-2H3,(H,16,18). The molecule has 0 aliphatic rings. The van der Waals surface area contributed by atoms with E-state index in [0.29, 0.717) is 5.69 Å². The molecule has 0 spiro atoms. The number of hydrogen-bond donors (Lipinski definition) is 1. The van der Waals surface area contributed by atoms with Gasteiger partial charge in [0.05, 0.1) is 11.9 Å². The molecule has 0 aliphatic carbocycles. The predicted molar refractivity (Wildman–Crippen MR) is 66.8 cm³/mol. The Morgan fingerprint density at radius 1 is 1.33 bits per heavy atom. The fraction of sp³-hybridized carbons (Fsp3) is 0.333. The van der Waals surface area contributed by atoms with Crippen LogP contribution < -0.4 is 5.32 Å². The van der Waals surface area contributed by atoms with Crippen molar-refractivity contribution in [2.75, 3.05) is 5.32 Å². The quantitative estimate of drug-likeness (QED) is 0.886. The molecule has 1 atom stereocenters. The summed E-state index contributed by atoms with van der Waals surface area (Å²) in [7, 11) is 0. The molecule has 0 saturated carbocycles. The van der Waals surface area contributed by atoms with Crippen molar-refractivity contribution in [1.82, 2.24) is 19.7 Å². The van der Waals surface area contributed by atoms with Crippen LogP contribution in [-0.4, -0.2) is 25.7 Å². The van der Waals surface area contributed by atoms with E-state index in [4.69, 9.17) is 0 Å². The summed E-state index contributed by atoms with van der Waals surface area (Å²) in [6.45, 7) is 3.96. The molecular formula is C12H15N5O. The summed E-state index contributed by atoms with van der Waals surface area (Å²) < 4.78 is 1.70. The number of carbonyl (C=O) groups is 1. The molecule has 94 valence electrons. The van der Waals surface area contributed by atoms with Crippen LogP contribution in [0.15, 0.2) is 37.2 Å². The third-order valence-electron chi connectivity index (χ3n) is 2.59. The Balaban J connectivity index is 2.15. The van der Waals surface area contributed by atoms with Gasteiger partial charge in [0.15, 0.2) is 0 Å². The van der Waals surface area contributed by atoms with Crippen molar-refractivity contribution in [2.24, 2.45) is 5.92 Å². The lowest BCUT2D eigenvalue weighted by Gasteiger charge is -2.20. The van der Waals surface area contributed by atoms with Crippen LogP contribution >= 0.6 is 0 Å². The van der Waals surface area contributed by atoms with Crippen molar-refractivity contribution in [3.63, 3.8) is 0 Å². The second-order valence-corrected chi connectivity index (χ2v) is 4.33. The second kappa shape index (κ2) is 5.39. The van der Waals surface area contributed by atoms with Gasteiger partial charge >= 0.3 is 0 Å². The van der Waals surface area contributed by atoms with Crippen molar-refractivity contribution < 1.29 is 4.79 Å². The Morgan fingerprint density at radius 2 is 2.06 bits per heavy atom. The Kier molecular flexibility index (Phi) is 3.66. The zero-order valence-electron chi connectivity index (χ0n) is 10.3. The van der Waals surface area contributed by atoms with Crippen LogP contribution in [0, 0.1) is 5.92 Å². The highest BCUT2D eigenvalue weighted by Crippen LogP contribution is 2.19. The van der Waals surface area contributed by atoms with Gasteiger partial charge in [0.2, 0.25) is 5.91 Å². The molecule has 1 N–H and O–H groups in total. The normalized spacial score (nSPS) is 12.4. The van der Waals surface area contributed by atoms with Crippen LogP contribution in [0.4, 0.5) is 5.69 Å². The van der Waals surface area contributed by atoms with Crippen molar-refractivity contribution in [3.05, 3.63) is 37.2 Å². The van der Waals surface area contributed by atoms with Gasteiger partial charge in [-0.25, -0.2) is 0 Å². The number of carbonyl (C=O) groups excluding carboxylic acids is 1. The number of hydrogen-bond acceptors (Lipinski definition) is 4. The average Bonchev–Trinajstić information content (AvgIpc) is 2.83. The van der Waals surface area contributed by atoms with E-state index < -0.39 is 0 Å². The number of rotatable bonds is 4. The fourth-order valence-electron chi connectivity index (χ4n) is 1.79. The van der Waals surface area contributed by atoms with Crippen molar-refractivity contribution in [3.8, 4) is 0 Å². The van der Waals surface area contributed by atoms with Crippen LogP contribution in [0.3, 0.4) is 0 Å². The Hall–Kier alpha value is -2.24. The SMILES string of the molecule is CC(C)C(C(=O)Nc1cccnc1)n1cnnc1. The summed E-state index contributed by atoms with van der Waals surface area (Å²) in [6.07, 6.45) is 6.37. The molecule has 0 bridgehead atoms. The molecule has 2 aromatic heterocycles. The van der Waals surface area contributed by atoms with E-state index in [9.17, 15) is 4.79 Å². The van der Waals surface area contributed by atoms with Gasteiger partial charge in [0.1, 0.15) is 18.7 Å². The fourth-order valence-corrected chi connectivity index (χ4v) is 1.79. The van der Waals surface area contributed by atoms with Gasteiger partial charge in [-0.1, -0.05) is 13.8 Å². The van der Waals surface area contributed by atoms with Crippen LogP contribution in [0.25, 0.3) is 0 Å². The van der Waals surface area contributed by atoms with Crippen molar-refractivity contribution in [1.29, 1.82) is 0 Å². The van der Waals surface area contributed by atoms with Crippen molar-refractivity contribution >= 4 is 11.6 Å². The summed E-state index contributed by atoms with van der Waals surface area (Å²) in [5, 5.41) is 10.3. The van der Waals surface area contributed by atoms with E-state index >= 15 is 0 Å². The summed E-state index contributed by atoms with van der Waals surface area (Å²) in [6, 6.07) is 3.24. The van der Waals surface area contributed by atoms with E-state index in [1.807, 2.05) is 13.8 Å². The van der Waals surface area contributed by atoms with Crippen LogP contribution in [-0.2, 0) is 4.79 Å². The molecule has 0 fully saturated rings. The third kappa shape index (κ3) is 2.71. The minimum atomic E-state index is -0.333. The first kappa shape index (κ1) is 12.2. The number of nitrogens with one attached hydrogen (secondary N) is 1. The maximum Gasteiger partial charge on any atom is 0.247 e. The minimum absolute atomic E-state index is 0.0993. The zero-order valence-corrected chi connectivity index (χ0v) is 10.3. The van der Waals surface area contributed by atoms with Gasteiger partial charge in [0.25, 0.3) is 0 Å². The molecule has 2 heterocycles. The van der Waals surface area contributed by atoms with E-state index in [2.05, 4.69) is 20.5 Å². The highest BCUT2D eigenvalue weighted by atomic mass is 16.2. The molecule has 6 heteroatoms. The van der Waals surface area contributed by atoms with Gasteiger partial charge in [-0.05, 0) is 18.1 Å². The molecule has 2 rings (SSSR count). The maximum absolute atomic E-state index is 12.2. The monoisotopic (exact) mass is 245 g/mol. The summed E-state index contributed by atoms with van der Waals surface area (Å²) >= 11 is 0. The minimum Gasteiger partial charge on any atom is -0.323 e. The number of pyridine rings is 1. The van der Waals surface area contributed by atoms with Crippen LogP contribution in [0.1, 0.15) is 19.9 Å². The van der Waals surface area contributed by atoms with Gasteiger partial charge in [-0.15, -0.1) is 10.2 Å². The third-order valence-corrected chi connectivity index (χ3v) is 2.59. The number of anilines is 1. The number of nitrogens with zero attached hydrogens (tertiary/aromatic N) is 4.